The fourth-order valence-corrected chi connectivity index (χ4v) is 1.18. The summed E-state index contributed by atoms with van der Waals surface area (Å²) in [5.74, 6) is -0.820. The monoisotopic (exact) mass is 175 g/mol. The van der Waals surface area contributed by atoms with Crippen LogP contribution in [-0.2, 0) is 9.53 Å². The zero-order valence-corrected chi connectivity index (χ0v) is 7.67. The minimum Gasteiger partial charge on any atom is -0.481 e. The number of aliphatic carboxylic acids is 1. The molecule has 4 heteroatoms. The highest BCUT2D eigenvalue weighted by Gasteiger charge is 2.29. The molecule has 0 fully saturated rings. The predicted molar refractivity (Wildman–Crippen MR) is 45.9 cm³/mol. The van der Waals surface area contributed by atoms with Gasteiger partial charge >= 0.3 is 5.97 Å². The minimum absolute atomic E-state index is 0.0772. The third-order valence-corrected chi connectivity index (χ3v) is 2.16. The van der Waals surface area contributed by atoms with E-state index in [9.17, 15) is 4.79 Å². The SMILES string of the molecule is CCC(CN)(COC)CC(=O)O. The van der Waals surface area contributed by atoms with Crippen LogP contribution in [0.5, 0.6) is 0 Å². The van der Waals surface area contributed by atoms with Gasteiger partial charge in [0.05, 0.1) is 13.0 Å². The van der Waals surface area contributed by atoms with Crippen LogP contribution in [0.2, 0.25) is 0 Å². The van der Waals surface area contributed by atoms with Crippen molar-refractivity contribution in [1.29, 1.82) is 0 Å². The van der Waals surface area contributed by atoms with Gasteiger partial charge in [-0.25, -0.2) is 0 Å². The average molecular weight is 175 g/mol. The first-order valence-corrected chi connectivity index (χ1v) is 4.01. The highest BCUT2D eigenvalue weighted by molar-refractivity contribution is 5.67. The molecule has 0 radical (unpaired) electrons. The van der Waals surface area contributed by atoms with Crippen LogP contribution in [0.3, 0.4) is 0 Å². The Balaban J connectivity index is 4.23. The van der Waals surface area contributed by atoms with Crippen molar-refractivity contribution < 1.29 is 14.6 Å². The second-order valence-electron chi connectivity index (χ2n) is 3.06. The highest BCUT2D eigenvalue weighted by Crippen LogP contribution is 2.25. The van der Waals surface area contributed by atoms with Gasteiger partial charge in [-0.05, 0) is 6.42 Å². The molecule has 0 aromatic rings. The summed E-state index contributed by atoms with van der Waals surface area (Å²) < 4.78 is 4.95. The van der Waals surface area contributed by atoms with E-state index in [-0.39, 0.29) is 11.8 Å². The molecule has 0 aliphatic heterocycles. The Hall–Kier alpha value is -0.610. The summed E-state index contributed by atoms with van der Waals surface area (Å²) in [5.41, 5.74) is 5.12. The van der Waals surface area contributed by atoms with Crippen LogP contribution in [0.1, 0.15) is 19.8 Å². The maximum atomic E-state index is 10.5. The lowest BCUT2D eigenvalue weighted by atomic mass is 9.83. The molecular formula is C8H17NO3. The van der Waals surface area contributed by atoms with Gasteiger partial charge in [0.2, 0.25) is 0 Å². The minimum atomic E-state index is -0.820. The normalized spacial score (nSPS) is 15.6. The lowest BCUT2D eigenvalue weighted by Crippen LogP contribution is -2.36. The maximum Gasteiger partial charge on any atom is 0.304 e. The van der Waals surface area contributed by atoms with Crippen LogP contribution < -0.4 is 5.73 Å². The third-order valence-electron chi connectivity index (χ3n) is 2.16. The molecule has 3 N–H and O–H groups in total. The molecule has 0 saturated heterocycles. The molecule has 0 aromatic heterocycles. The molecule has 4 nitrogen and oxygen atoms in total. The summed E-state index contributed by atoms with van der Waals surface area (Å²) in [6.45, 7) is 2.69. The molecule has 0 rings (SSSR count). The van der Waals surface area contributed by atoms with Crippen molar-refractivity contribution in [2.24, 2.45) is 11.1 Å². The fraction of sp³-hybridized carbons (Fsp3) is 0.875. The first-order chi connectivity index (χ1) is 5.60. The second kappa shape index (κ2) is 5.11. The summed E-state index contributed by atoms with van der Waals surface area (Å²) in [7, 11) is 1.56. The van der Waals surface area contributed by atoms with E-state index >= 15 is 0 Å². The molecular weight excluding hydrogens is 158 g/mol. The van der Waals surface area contributed by atoms with Crippen LogP contribution in [0.25, 0.3) is 0 Å². The summed E-state index contributed by atoms with van der Waals surface area (Å²) >= 11 is 0. The van der Waals surface area contributed by atoms with Crippen LogP contribution in [0, 0.1) is 5.41 Å². The number of carboxylic acids is 1. The summed E-state index contributed by atoms with van der Waals surface area (Å²) in [6.07, 6.45) is 0.803. The van der Waals surface area contributed by atoms with Gasteiger partial charge in [0.1, 0.15) is 0 Å². The number of hydrogen-bond acceptors (Lipinski definition) is 3. The number of ether oxygens (including phenoxy) is 1. The Bertz CT molecular complexity index is 143. The van der Waals surface area contributed by atoms with Gasteiger partial charge in [-0.15, -0.1) is 0 Å². The fourth-order valence-electron chi connectivity index (χ4n) is 1.18. The zero-order chi connectivity index (χ0) is 9.61. The number of methoxy groups -OCH3 is 1. The Kier molecular flexibility index (Phi) is 4.85. The number of rotatable bonds is 6. The van der Waals surface area contributed by atoms with Crippen molar-refractivity contribution >= 4 is 5.97 Å². The molecule has 12 heavy (non-hydrogen) atoms. The number of carbonyl (C=O) groups is 1. The van der Waals surface area contributed by atoms with E-state index < -0.39 is 5.97 Å². The molecule has 0 spiro atoms. The first-order valence-electron chi connectivity index (χ1n) is 4.01. The molecule has 0 amide bonds. The highest BCUT2D eigenvalue weighted by atomic mass is 16.5. The lowest BCUT2D eigenvalue weighted by molar-refractivity contribution is -0.140. The topological polar surface area (TPSA) is 72.5 Å². The van der Waals surface area contributed by atoms with Crippen LogP contribution in [-0.4, -0.2) is 31.3 Å². The lowest BCUT2D eigenvalue weighted by Gasteiger charge is -2.28. The van der Waals surface area contributed by atoms with Gasteiger partial charge in [-0.2, -0.15) is 0 Å². The Morgan fingerprint density at radius 3 is 2.50 bits per heavy atom. The third kappa shape index (κ3) is 3.19. The Morgan fingerprint density at radius 2 is 2.25 bits per heavy atom. The van der Waals surface area contributed by atoms with Crippen LogP contribution >= 0.6 is 0 Å². The molecule has 0 aliphatic rings. The van der Waals surface area contributed by atoms with E-state index in [1.165, 1.54) is 0 Å². The quantitative estimate of drug-likeness (QED) is 0.615. The van der Waals surface area contributed by atoms with Gasteiger partial charge in [0, 0.05) is 19.1 Å². The van der Waals surface area contributed by atoms with Gasteiger partial charge in [-0.1, -0.05) is 6.92 Å². The van der Waals surface area contributed by atoms with E-state index in [1.54, 1.807) is 7.11 Å². The van der Waals surface area contributed by atoms with Crippen LogP contribution in [0.4, 0.5) is 0 Å². The Labute approximate surface area is 72.7 Å². The second-order valence-corrected chi connectivity index (χ2v) is 3.06. The molecule has 0 saturated carbocycles. The number of hydrogen-bond donors (Lipinski definition) is 2. The Morgan fingerprint density at radius 1 is 1.67 bits per heavy atom. The van der Waals surface area contributed by atoms with Gasteiger partial charge in [0.15, 0.2) is 0 Å². The smallest absolute Gasteiger partial charge is 0.304 e. The molecule has 0 aromatic carbocycles. The van der Waals surface area contributed by atoms with Crippen molar-refractivity contribution in [3.63, 3.8) is 0 Å². The van der Waals surface area contributed by atoms with E-state index in [1.807, 2.05) is 6.92 Å². The van der Waals surface area contributed by atoms with Crippen molar-refractivity contribution in [2.45, 2.75) is 19.8 Å². The molecule has 0 heterocycles. The van der Waals surface area contributed by atoms with Crippen molar-refractivity contribution in [3.05, 3.63) is 0 Å². The van der Waals surface area contributed by atoms with Crippen molar-refractivity contribution in [1.82, 2.24) is 0 Å². The standard InChI is InChI=1S/C8H17NO3/c1-3-8(5-9,6-12-2)4-7(10)11/h3-6,9H2,1-2H3,(H,10,11). The maximum absolute atomic E-state index is 10.5. The van der Waals surface area contributed by atoms with E-state index in [2.05, 4.69) is 0 Å². The molecule has 0 aliphatic carbocycles. The predicted octanol–water partition coefficient (Wildman–Crippen LogP) is 0.463. The summed E-state index contributed by atoms with van der Waals surface area (Å²) in [5, 5.41) is 8.63. The summed E-state index contributed by atoms with van der Waals surface area (Å²) in [4.78, 5) is 10.5. The molecule has 72 valence electrons. The number of nitrogens with two attached hydrogens (primary N) is 1. The van der Waals surface area contributed by atoms with Crippen LogP contribution in [0.15, 0.2) is 0 Å². The zero-order valence-electron chi connectivity index (χ0n) is 7.67. The van der Waals surface area contributed by atoms with E-state index in [0.29, 0.717) is 13.2 Å². The average Bonchev–Trinajstić information content (AvgIpc) is 2.03. The number of carboxylic acid groups (broad SMARTS) is 1. The first kappa shape index (κ1) is 11.4. The van der Waals surface area contributed by atoms with Gasteiger partial charge in [-0.3, -0.25) is 4.79 Å². The van der Waals surface area contributed by atoms with Gasteiger partial charge in [0.25, 0.3) is 0 Å². The van der Waals surface area contributed by atoms with Crippen molar-refractivity contribution in [2.75, 3.05) is 20.3 Å². The molecule has 0 bridgehead atoms. The van der Waals surface area contributed by atoms with E-state index in [0.717, 1.165) is 6.42 Å². The molecule has 1 atom stereocenters. The molecule has 1 unspecified atom stereocenters. The van der Waals surface area contributed by atoms with Gasteiger partial charge < -0.3 is 15.6 Å². The largest absolute Gasteiger partial charge is 0.481 e. The van der Waals surface area contributed by atoms with Crippen molar-refractivity contribution in [3.8, 4) is 0 Å². The van der Waals surface area contributed by atoms with E-state index in [4.69, 9.17) is 15.6 Å². The summed E-state index contributed by atoms with van der Waals surface area (Å²) in [6, 6.07) is 0.